The van der Waals surface area contributed by atoms with Crippen molar-refractivity contribution in [3.8, 4) is 0 Å². The molecule has 0 atom stereocenters. The van der Waals surface area contributed by atoms with Crippen LogP contribution >= 0.6 is 0 Å². The lowest BCUT2D eigenvalue weighted by Gasteiger charge is -2.11. The largest absolute Gasteiger partial charge is 0.383 e. The molecule has 0 aliphatic rings. The first kappa shape index (κ1) is 22.0. The summed E-state index contributed by atoms with van der Waals surface area (Å²) in [6.45, 7) is 3.51. The Balaban J connectivity index is 1.59. The molecule has 7 nitrogen and oxygen atoms in total. The number of aryl methyl sites for hydroxylation is 2. The molecule has 0 bridgehead atoms. The number of sulfonamides is 1. The van der Waals surface area contributed by atoms with E-state index in [0.717, 1.165) is 18.5 Å². The predicted octanol–water partition coefficient (Wildman–Crippen LogP) is 2.69. The molecule has 0 radical (unpaired) electrons. The van der Waals surface area contributed by atoms with Crippen molar-refractivity contribution in [2.75, 3.05) is 26.8 Å². The van der Waals surface area contributed by atoms with Crippen LogP contribution in [-0.4, -0.2) is 45.7 Å². The topological polar surface area (TPSA) is 89.4 Å². The maximum absolute atomic E-state index is 12.6. The van der Waals surface area contributed by atoms with E-state index in [4.69, 9.17) is 4.74 Å². The van der Waals surface area contributed by atoms with Crippen LogP contribution in [0.2, 0.25) is 0 Å². The Bertz CT molecular complexity index is 1120. The first-order chi connectivity index (χ1) is 14.4. The lowest BCUT2D eigenvalue weighted by atomic mass is 10.1. The van der Waals surface area contributed by atoms with Crippen LogP contribution in [0.5, 0.6) is 0 Å². The molecule has 0 aliphatic carbocycles. The molecule has 0 aliphatic heterocycles. The van der Waals surface area contributed by atoms with E-state index in [2.05, 4.69) is 32.8 Å². The number of methoxy groups -OCH3 is 1. The van der Waals surface area contributed by atoms with Crippen LogP contribution in [0.4, 0.5) is 0 Å². The van der Waals surface area contributed by atoms with Gasteiger partial charge in [-0.1, -0.05) is 24.3 Å². The number of fused-ring (bicyclic) bond motifs is 1. The van der Waals surface area contributed by atoms with Gasteiger partial charge in [-0.15, -0.1) is 0 Å². The van der Waals surface area contributed by atoms with E-state index in [1.807, 2.05) is 18.3 Å². The predicted molar refractivity (Wildman–Crippen MR) is 117 cm³/mol. The number of amides is 1. The third-order valence-electron chi connectivity index (χ3n) is 4.90. The maximum atomic E-state index is 12.6. The van der Waals surface area contributed by atoms with Crippen LogP contribution in [0.25, 0.3) is 10.9 Å². The van der Waals surface area contributed by atoms with E-state index in [9.17, 15) is 13.2 Å². The molecule has 30 heavy (non-hydrogen) atoms. The molecular formula is C22H27N3O4S. The molecular weight excluding hydrogens is 402 g/mol. The molecule has 3 rings (SSSR count). The third kappa shape index (κ3) is 5.27. The highest BCUT2D eigenvalue weighted by molar-refractivity contribution is 7.89. The van der Waals surface area contributed by atoms with Crippen LogP contribution in [-0.2, 0) is 21.3 Å². The van der Waals surface area contributed by atoms with E-state index in [0.29, 0.717) is 12.1 Å². The van der Waals surface area contributed by atoms with Gasteiger partial charge in [0.2, 0.25) is 10.0 Å². The van der Waals surface area contributed by atoms with Crippen molar-refractivity contribution in [2.24, 2.45) is 0 Å². The Morgan fingerprint density at radius 3 is 2.70 bits per heavy atom. The number of benzene rings is 2. The van der Waals surface area contributed by atoms with Crippen molar-refractivity contribution in [1.82, 2.24) is 14.6 Å². The standard InChI is InChI=1S/C22H27N3O4S/c1-17-8-9-19(30(27,28)24-12-15-29-2)16-20(17)22(26)23-11-5-13-25-14-10-18-6-3-4-7-21(18)25/h3-4,6-10,14,16,24H,5,11-13,15H2,1-2H3,(H,23,26). The highest BCUT2D eigenvalue weighted by Gasteiger charge is 2.17. The molecule has 3 aromatic rings. The minimum absolute atomic E-state index is 0.0631. The van der Waals surface area contributed by atoms with Gasteiger partial charge in [0.05, 0.1) is 11.5 Å². The molecule has 2 N–H and O–H groups in total. The van der Waals surface area contributed by atoms with Crippen LogP contribution in [0, 0.1) is 6.92 Å². The van der Waals surface area contributed by atoms with Crippen LogP contribution in [0.1, 0.15) is 22.3 Å². The molecule has 1 aromatic heterocycles. The first-order valence-electron chi connectivity index (χ1n) is 9.84. The Labute approximate surface area is 177 Å². The van der Waals surface area contributed by atoms with Gasteiger partial charge in [-0.05, 0) is 48.6 Å². The number of hydrogen-bond acceptors (Lipinski definition) is 4. The highest BCUT2D eigenvalue weighted by Crippen LogP contribution is 2.17. The Hall–Kier alpha value is -2.68. The Morgan fingerprint density at radius 2 is 1.90 bits per heavy atom. The molecule has 2 aromatic carbocycles. The average molecular weight is 430 g/mol. The molecule has 8 heteroatoms. The van der Waals surface area contributed by atoms with Gasteiger partial charge >= 0.3 is 0 Å². The lowest BCUT2D eigenvalue weighted by molar-refractivity contribution is 0.0952. The quantitative estimate of drug-likeness (QED) is 0.485. The van der Waals surface area contributed by atoms with Crippen molar-refractivity contribution >= 4 is 26.8 Å². The number of carbonyl (C=O) groups excluding carboxylic acids is 1. The third-order valence-corrected chi connectivity index (χ3v) is 6.36. The number of para-hydroxylation sites is 1. The summed E-state index contributed by atoms with van der Waals surface area (Å²) < 4.78 is 34.3. The van der Waals surface area contributed by atoms with Crippen LogP contribution in [0.3, 0.4) is 0 Å². The minimum Gasteiger partial charge on any atom is -0.383 e. The zero-order chi connectivity index (χ0) is 21.6. The molecule has 0 saturated heterocycles. The highest BCUT2D eigenvalue weighted by atomic mass is 32.2. The molecule has 0 unspecified atom stereocenters. The second-order valence-corrected chi connectivity index (χ2v) is 8.81. The molecule has 0 fully saturated rings. The summed E-state index contributed by atoms with van der Waals surface area (Å²) in [6, 6.07) is 14.8. The van der Waals surface area contributed by atoms with Gasteiger partial charge in [0.25, 0.3) is 5.91 Å². The van der Waals surface area contributed by atoms with E-state index in [1.165, 1.54) is 30.1 Å². The molecule has 160 valence electrons. The van der Waals surface area contributed by atoms with Gasteiger partial charge in [0.1, 0.15) is 0 Å². The second-order valence-electron chi connectivity index (χ2n) is 7.04. The van der Waals surface area contributed by atoms with Gasteiger partial charge in [-0.2, -0.15) is 0 Å². The number of rotatable bonds is 10. The number of carbonyl (C=O) groups is 1. The minimum atomic E-state index is -3.69. The molecule has 0 saturated carbocycles. The van der Waals surface area contributed by atoms with Gasteiger partial charge < -0.3 is 14.6 Å². The van der Waals surface area contributed by atoms with Crippen molar-refractivity contribution < 1.29 is 17.9 Å². The van der Waals surface area contributed by atoms with Crippen molar-refractivity contribution in [3.05, 3.63) is 65.9 Å². The summed E-state index contributed by atoms with van der Waals surface area (Å²) >= 11 is 0. The smallest absolute Gasteiger partial charge is 0.251 e. The zero-order valence-corrected chi connectivity index (χ0v) is 18.0. The number of ether oxygens (including phenoxy) is 1. The van der Waals surface area contributed by atoms with Crippen LogP contribution in [0.15, 0.2) is 59.6 Å². The number of nitrogens with one attached hydrogen (secondary N) is 2. The molecule has 1 amide bonds. The Morgan fingerprint density at radius 1 is 1.10 bits per heavy atom. The SMILES string of the molecule is COCCNS(=O)(=O)c1ccc(C)c(C(=O)NCCCn2ccc3ccccc32)c1. The summed E-state index contributed by atoms with van der Waals surface area (Å²) in [5.41, 5.74) is 2.24. The summed E-state index contributed by atoms with van der Waals surface area (Å²) in [5.74, 6) is -0.279. The maximum Gasteiger partial charge on any atom is 0.251 e. The monoisotopic (exact) mass is 429 g/mol. The fourth-order valence-corrected chi connectivity index (χ4v) is 4.30. The molecule has 1 heterocycles. The normalized spacial score (nSPS) is 11.7. The van der Waals surface area contributed by atoms with E-state index in [-0.39, 0.29) is 24.0 Å². The first-order valence-corrected chi connectivity index (χ1v) is 11.3. The number of aromatic nitrogens is 1. The second kappa shape index (κ2) is 9.88. The number of nitrogens with zero attached hydrogens (tertiary/aromatic N) is 1. The van der Waals surface area contributed by atoms with E-state index >= 15 is 0 Å². The van der Waals surface area contributed by atoms with Gasteiger partial charge in [0, 0.05) is 44.0 Å². The molecule has 0 spiro atoms. The van der Waals surface area contributed by atoms with Crippen molar-refractivity contribution in [3.63, 3.8) is 0 Å². The van der Waals surface area contributed by atoms with Gasteiger partial charge in [0.15, 0.2) is 0 Å². The summed E-state index contributed by atoms with van der Waals surface area (Å²) in [5, 5.41) is 4.08. The Kier molecular flexibility index (Phi) is 7.25. The van der Waals surface area contributed by atoms with Gasteiger partial charge in [-0.3, -0.25) is 4.79 Å². The van der Waals surface area contributed by atoms with Crippen molar-refractivity contribution in [2.45, 2.75) is 24.8 Å². The van der Waals surface area contributed by atoms with Crippen molar-refractivity contribution in [1.29, 1.82) is 0 Å². The van der Waals surface area contributed by atoms with Crippen LogP contribution < -0.4 is 10.0 Å². The number of hydrogen-bond donors (Lipinski definition) is 2. The summed E-state index contributed by atoms with van der Waals surface area (Å²) in [7, 11) is -2.19. The van der Waals surface area contributed by atoms with E-state index in [1.54, 1.807) is 13.0 Å². The lowest BCUT2D eigenvalue weighted by Crippen LogP contribution is -2.29. The zero-order valence-electron chi connectivity index (χ0n) is 17.2. The van der Waals surface area contributed by atoms with E-state index < -0.39 is 10.0 Å². The van der Waals surface area contributed by atoms with Gasteiger partial charge in [-0.25, -0.2) is 13.1 Å². The fraction of sp³-hybridized carbons (Fsp3) is 0.318. The summed E-state index contributed by atoms with van der Waals surface area (Å²) in [4.78, 5) is 12.7. The summed E-state index contributed by atoms with van der Waals surface area (Å²) in [6.07, 6.45) is 2.81. The average Bonchev–Trinajstić information content (AvgIpc) is 3.14. The fourth-order valence-electron chi connectivity index (χ4n) is 3.26.